The number of aryl methyl sites for hydroxylation is 1. The van der Waals surface area contributed by atoms with Gasteiger partial charge in [0.2, 0.25) is 11.8 Å². The van der Waals surface area contributed by atoms with Crippen LogP contribution in [0.25, 0.3) is 0 Å². The molecule has 0 aliphatic rings. The van der Waals surface area contributed by atoms with Gasteiger partial charge < -0.3 is 15.2 Å². The van der Waals surface area contributed by atoms with Crippen LogP contribution in [-0.4, -0.2) is 32.3 Å². The smallest absolute Gasteiger partial charge is 0.234 e. The van der Waals surface area contributed by atoms with Gasteiger partial charge in [-0.25, -0.2) is 4.39 Å². The molecule has 0 unspecified atom stereocenters. The number of hydrogen-bond donors (Lipinski definition) is 2. The van der Waals surface area contributed by atoms with Crippen LogP contribution in [0.3, 0.4) is 0 Å². The van der Waals surface area contributed by atoms with Gasteiger partial charge in [0, 0.05) is 18.4 Å². The quantitative estimate of drug-likeness (QED) is 0.538. The fourth-order valence-corrected chi connectivity index (χ4v) is 3.50. The van der Waals surface area contributed by atoms with E-state index in [-0.39, 0.29) is 29.8 Å². The van der Waals surface area contributed by atoms with E-state index >= 15 is 0 Å². The average Bonchev–Trinajstić information content (AvgIpc) is 3.08. The number of amides is 2. The SMILES string of the molecule is CCc1ccccc1NC(=O)CSc1nnc(CC(=O)Nc2ccc(F)cc2)n1C. The number of anilines is 2. The fraction of sp³-hybridized carbons (Fsp3) is 0.238. The van der Waals surface area contributed by atoms with Crippen LogP contribution in [0, 0.1) is 5.82 Å². The lowest BCUT2D eigenvalue weighted by Crippen LogP contribution is -2.17. The third kappa shape index (κ3) is 5.66. The number of carbonyl (C=O) groups excluding carboxylic acids is 2. The Morgan fingerprint density at radius 1 is 1.03 bits per heavy atom. The highest BCUT2D eigenvalue weighted by Gasteiger charge is 2.15. The van der Waals surface area contributed by atoms with E-state index < -0.39 is 0 Å². The molecule has 0 aliphatic carbocycles. The molecule has 0 bridgehead atoms. The van der Waals surface area contributed by atoms with Crippen molar-refractivity contribution in [1.82, 2.24) is 14.8 Å². The number of para-hydroxylation sites is 1. The zero-order valence-corrected chi connectivity index (χ0v) is 17.5. The predicted octanol–water partition coefficient (Wildman–Crippen LogP) is 3.43. The van der Waals surface area contributed by atoms with Gasteiger partial charge in [0.1, 0.15) is 11.6 Å². The summed E-state index contributed by atoms with van der Waals surface area (Å²) in [6.45, 7) is 2.03. The Kier molecular flexibility index (Phi) is 7.18. The summed E-state index contributed by atoms with van der Waals surface area (Å²) in [6, 6.07) is 13.2. The highest BCUT2D eigenvalue weighted by Crippen LogP contribution is 2.19. The van der Waals surface area contributed by atoms with Crippen LogP contribution < -0.4 is 10.6 Å². The Morgan fingerprint density at radius 2 is 1.77 bits per heavy atom. The van der Waals surface area contributed by atoms with Crippen LogP contribution in [0.2, 0.25) is 0 Å². The van der Waals surface area contributed by atoms with Crippen molar-refractivity contribution >= 4 is 35.0 Å². The lowest BCUT2D eigenvalue weighted by atomic mass is 10.1. The molecule has 156 valence electrons. The minimum absolute atomic E-state index is 0.0114. The number of nitrogens with one attached hydrogen (secondary N) is 2. The molecule has 0 fully saturated rings. The van der Waals surface area contributed by atoms with E-state index in [9.17, 15) is 14.0 Å². The topological polar surface area (TPSA) is 88.9 Å². The van der Waals surface area contributed by atoms with Crippen LogP contribution in [0.15, 0.2) is 53.7 Å². The Labute approximate surface area is 178 Å². The highest BCUT2D eigenvalue weighted by molar-refractivity contribution is 7.99. The number of rotatable bonds is 8. The van der Waals surface area contributed by atoms with Crippen molar-refractivity contribution in [2.75, 3.05) is 16.4 Å². The zero-order valence-electron chi connectivity index (χ0n) is 16.7. The maximum atomic E-state index is 13.0. The van der Waals surface area contributed by atoms with Crippen molar-refractivity contribution in [2.24, 2.45) is 7.05 Å². The first-order valence-corrected chi connectivity index (χ1v) is 10.4. The van der Waals surface area contributed by atoms with Gasteiger partial charge in [0.05, 0.1) is 12.2 Å². The molecule has 0 spiro atoms. The summed E-state index contributed by atoms with van der Waals surface area (Å²) >= 11 is 1.25. The number of carbonyl (C=O) groups is 2. The molecule has 2 amide bonds. The van der Waals surface area contributed by atoms with E-state index in [2.05, 4.69) is 20.8 Å². The van der Waals surface area contributed by atoms with Gasteiger partial charge in [-0.2, -0.15) is 0 Å². The minimum Gasteiger partial charge on any atom is -0.326 e. The molecule has 0 saturated carbocycles. The lowest BCUT2D eigenvalue weighted by Gasteiger charge is -2.09. The summed E-state index contributed by atoms with van der Waals surface area (Å²) in [4.78, 5) is 24.5. The van der Waals surface area contributed by atoms with Gasteiger partial charge in [-0.15, -0.1) is 10.2 Å². The highest BCUT2D eigenvalue weighted by atomic mass is 32.2. The molecule has 0 atom stereocenters. The van der Waals surface area contributed by atoms with E-state index in [1.165, 1.54) is 36.0 Å². The van der Waals surface area contributed by atoms with Gasteiger partial charge in [-0.3, -0.25) is 9.59 Å². The number of benzene rings is 2. The Balaban J connectivity index is 1.54. The first kappa shape index (κ1) is 21.5. The largest absolute Gasteiger partial charge is 0.326 e. The molecule has 7 nitrogen and oxygen atoms in total. The van der Waals surface area contributed by atoms with Crippen molar-refractivity contribution in [1.29, 1.82) is 0 Å². The molecule has 3 rings (SSSR count). The van der Waals surface area contributed by atoms with Crippen LogP contribution in [0.4, 0.5) is 15.8 Å². The first-order valence-electron chi connectivity index (χ1n) is 9.40. The molecular weight excluding hydrogens is 405 g/mol. The van der Waals surface area contributed by atoms with Crippen molar-refractivity contribution in [3.05, 3.63) is 65.7 Å². The molecule has 9 heteroatoms. The van der Waals surface area contributed by atoms with Gasteiger partial charge in [-0.05, 0) is 42.3 Å². The summed E-state index contributed by atoms with van der Waals surface area (Å²) in [5.41, 5.74) is 2.38. The molecule has 0 aliphatic heterocycles. The molecule has 0 saturated heterocycles. The summed E-state index contributed by atoms with van der Waals surface area (Å²) in [6.07, 6.45) is 0.841. The number of aromatic nitrogens is 3. The second-order valence-corrected chi connectivity index (χ2v) is 7.48. The summed E-state index contributed by atoms with van der Waals surface area (Å²) in [5, 5.41) is 14.2. The molecule has 0 radical (unpaired) electrons. The molecule has 3 aromatic rings. The van der Waals surface area contributed by atoms with Gasteiger partial charge in [0.15, 0.2) is 5.16 Å². The average molecular weight is 428 g/mol. The maximum absolute atomic E-state index is 13.0. The van der Waals surface area contributed by atoms with E-state index in [0.717, 1.165) is 17.7 Å². The standard InChI is InChI=1S/C21H22FN5O2S/c1-3-14-6-4-5-7-17(14)24-20(29)13-30-21-26-25-18(27(21)2)12-19(28)23-16-10-8-15(22)9-11-16/h4-11H,3,12-13H2,1-2H3,(H,23,28)(H,24,29). The van der Waals surface area contributed by atoms with E-state index in [1.807, 2.05) is 31.2 Å². The minimum atomic E-state index is -0.370. The van der Waals surface area contributed by atoms with Crippen molar-refractivity contribution in [2.45, 2.75) is 24.9 Å². The van der Waals surface area contributed by atoms with Crippen LogP contribution in [0.1, 0.15) is 18.3 Å². The Bertz CT molecular complexity index is 1040. The van der Waals surface area contributed by atoms with Crippen LogP contribution in [0.5, 0.6) is 0 Å². The molecule has 1 aromatic heterocycles. The molecule has 2 aromatic carbocycles. The Hall–Kier alpha value is -3.20. The molecule has 1 heterocycles. The summed E-state index contributed by atoms with van der Waals surface area (Å²) in [7, 11) is 1.74. The van der Waals surface area contributed by atoms with Crippen molar-refractivity contribution in [3.63, 3.8) is 0 Å². The van der Waals surface area contributed by atoms with Gasteiger partial charge in [-0.1, -0.05) is 36.9 Å². The van der Waals surface area contributed by atoms with Gasteiger partial charge >= 0.3 is 0 Å². The maximum Gasteiger partial charge on any atom is 0.234 e. The lowest BCUT2D eigenvalue weighted by molar-refractivity contribution is -0.116. The normalized spacial score (nSPS) is 10.6. The van der Waals surface area contributed by atoms with Gasteiger partial charge in [0.25, 0.3) is 0 Å². The monoisotopic (exact) mass is 427 g/mol. The molecule has 30 heavy (non-hydrogen) atoms. The second kappa shape index (κ2) is 10.0. The fourth-order valence-electron chi connectivity index (χ4n) is 2.77. The van der Waals surface area contributed by atoms with Crippen LogP contribution >= 0.6 is 11.8 Å². The first-order chi connectivity index (χ1) is 14.5. The number of nitrogens with zero attached hydrogens (tertiary/aromatic N) is 3. The number of hydrogen-bond acceptors (Lipinski definition) is 5. The van der Waals surface area contributed by atoms with Crippen LogP contribution in [-0.2, 0) is 29.5 Å². The predicted molar refractivity (Wildman–Crippen MR) is 115 cm³/mol. The zero-order chi connectivity index (χ0) is 21.5. The molecular formula is C21H22FN5O2S. The van der Waals surface area contributed by atoms with E-state index in [0.29, 0.717) is 16.7 Å². The Morgan fingerprint density at radius 3 is 2.50 bits per heavy atom. The molecule has 2 N–H and O–H groups in total. The van der Waals surface area contributed by atoms with E-state index in [1.54, 1.807) is 11.6 Å². The summed E-state index contributed by atoms with van der Waals surface area (Å²) in [5.74, 6) is -0.160. The van der Waals surface area contributed by atoms with E-state index in [4.69, 9.17) is 0 Å². The number of thioether (sulfide) groups is 1. The van der Waals surface area contributed by atoms with Crippen molar-refractivity contribution in [3.8, 4) is 0 Å². The second-order valence-electron chi connectivity index (χ2n) is 6.54. The number of halogens is 1. The third-order valence-corrected chi connectivity index (χ3v) is 5.40. The summed E-state index contributed by atoms with van der Waals surface area (Å²) < 4.78 is 14.6. The van der Waals surface area contributed by atoms with Crippen molar-refractivity contribution < 1.29 is 14.0 Å². The third-order valence-electron chi connectivity index (χ3n) is 4.38.